The molecule has 33 heavy (non-hydrogen) atoms. The highest BCUT2D eigenvalue weighted by Gasteiger charge is 2.50. The van der Waals surface area contributed by atoms with Crippen molar-refractivity contribution in [1.29, 1.82) is 5.26 Å². The number of H-pyrrole nitrogens is 1. The van der Waals surface area contributed by atoms with Gasteiger partial charge in [0.1, 0.15) is 5.52 Å². The largest absolute Gasteiger partial charge is 0.380 e. The number of rotatable bonds is 3. The number of nitrogens with one attached hydrogen (secondary N) is 2. The van der Waals surface area contributed by atoms with E-state index in [1.807, 2.05) is 37.3 Å². The molecule has 2 aromatic carbocycles. The highest BCUT2D eigenvalue weighted by Crippen LogP contribution is 2.41. The van der Waals surface area contributed by atoms with Gasteiger partial charge in [0.05, 0.1) is 46.3 Å². The minimum atomic E-state index is -0.158. The topological polar surface area (TPSA) is 120 Å². The van der Waals surface area contributed by atoms with Gasteiger partial charge < -0.3 is 9.64 Å². The van der Waals surface area contributed by atoms with E-state index in [0.29, 0.717) is 29.5 Å². The van der Waals surface area contributed by atoms with Crippen LogP contribution in [0.5, 0.6) is 0 Å². The van der Waals surface area contributed by atoms with Crippen molar-refractivity contribution in [3.8, 4) is 27.8 Å². The lowest BCUT2D eigenvalue weighted by Crippen LogP contribution is -2.67. The van der Waals surface area contributed by atoms with E-state index in [9.17, 15) is 10.1 Å². The maximum absolute atomic E-state index is 12.8. The fourth-order valence-corrected chi connectivity index (χ4v) is 5.37. The monoisotopic (exact) mass is 457 g/mol. The van der Waals surface area contributed by atoms with Crippen molar-refractivity contribution < 1.29 is 9.53 Å². The molecular weight excluding hydrogens is 438 g/mol. The number of aryl methyl sites for hydroxylation is 1. The van der Waals surface area contributed by atoms with Gasteiger partial charge in [-0.25, -0.2) is 9.78 Å². The SMILES string of the molecule is Cc1cc(-c2sc(NC(=O)N3CC4(COC4)C3)nc2-c2cccc(C#N)c2)cc2[nH]nnc12. The van der Waals surface area contributed by atoms with Crippen LogP contribution in [0.25, 0.3) is 32.7 Å². The quantitative estimate of drug-likeness (QED) is 0.483. The molecule has 164 valence electrons. The number of carbonyl (C=O) groups excluding carboxylic acids is 1. The van der Waals surface area contributed by atoms with Crippen LogP contribution in [-0.2, 0) is 4.74 Å². The molecule has 2 aromatic heterocycles. The summed E-state index contributed by atoms with van der Waals surface area (Å²) in [6, 6.07) is 13.4. The number of benzene rings is 2. The first-order chi connectivity index (χ1) is 16.0. The van der Waals surface area contributed by atoms with Crippen molar-refractivity contribution >= 4 is 33.5 Å². The molecule has 0 unspecified atom stereocenters. The van der Waals surface area contributed by atoms with Crippen LogP contribution in [0.15, 0.2) is 36.4 Å². The molecule has 2 amide bonds. The third-order valence-electron chi connectivity index (χ3n) is 6.15. The number of likely N-dealkylation sites (tertiary alicyclic amines) is 1. The first-order valence-electron chi connectivity index (χ1n) is 10.5. The van der Waals surface area contributed by atoms with E-state index in [4.69, 9.17) is 9.72 Å². The molecule has 6 rings (SSSR count). The first-order valence-corrected chi connectivity index (χ1v) is 11.3. The van der Waals surface area contributed by atoms with Crippen molar-refractivity contribution in [2.24, 2.45) is 5.41 Å². The summed E-state index contributed by atoms with van der Waals surface area (Å²) in [7, 11) is 0. The first kappa shape index (κ1) is 19.8. The van der Waals surface area contributed by atoms with Gasteiger partial charge in [-0.3, -0.25) is 10.4 Å². The van der Waals surface area contributed by atoms with E-state index < -0.39 is 0 Å². The van der Waals surface area contributed by atoms with E-state index in [0.717, 1.165) is 45.8 Å². The molecule has 2 saturated heterocycles. The Morgan fingerprint density at radius 3 is 2.88 bits per heavy atom. The number of hydrogen-bond acceptors (Lipinski definition) is 7. The highest BCUT2D eigenvalue weighted by atomic mass is 32.1. The van der Waals surface area contributed by atoms with E-state index >= 15 is 0 Å². The highest BCUT2D eigenvalue weighted by molar-refractivity contribution is 7.19. The van der Waals surface area contributed by atoms with Gasteiger partial charge in [0.15, 0.2) is 5.13 Å². The molecule has 1 spiro atoms. The molecule has 0 atom stereocenters. The molecule has 2 aliphatic heterocycles. The lowest BCUT2D eigenvalue weighted by atomic mass is 9.78. The van der Waals surface area contributed by atoms with Crippen LogP contribution in [-0.4, -0.2) is 57.6 Å². The fraction of sp³-hybridized carbons (Fsp3) is 0.261. The maximum Gasteiger partial charge on any atom is 0.323 e. The van der Waals surface area contributed by atoms with E-state index in [2.05, 4.69) is 26.8 Å². The minimum absolute atomic E-state index is 0.152. The van der Waals surface area contributed by atoms with Gasteiger partial charge in [-0.15, -0.1) is 5.10 Å². The van der Waals surface area contributed by atoms with Gasteiger partial charge in [0.25, 0.3) is 0 Å². The predicted octanol–water partition coefficient (Wildman–Crippen LogP) is 3.79. The Hall–Kier alpha value is -3.81. The standard InChI is InChI=1S/C23H19N7O2S/c1-13-5-16(7-17-18(13)28-29-27-17)20-19(15-4-2-3-14(6-15)8-24)25-21(33-20)26-22(31)30-9-23(10-30)11-32-12-23/h2-7H,9-12H2,1H3,(H,25,26,31)(H,27,28,29). The van der Waals surface area contributed by atoms with E-state index in [1.165, 1.54) is 11.3 Å². The van der Waals surface area contributed by atoms with Crippen LogP contribution in [0, 0.1) is 23.7 Å². The molecule has 2 aliphatic rings. The summed E-state index contributed by atoms with van der Waals surface area (Å²) in [6.45, 7) is 4.84. The maximum atomic E-state index is 12.8. The van der Waals surface area contributed by atoms with Crippen LogP contribution < -0.4 is 5.32 Å². The zero-order valence-electron chi connectivity index (χ0n) is 17.8. The summed E-state index contributed by atoms with van der Waals surface area (Å²) in [4.78, 5) is 20.2. The lowest BCUT2D eigenvalue weighted by Gasteiger charge is -2.54. The van der Waals surface area contributed by atoms with Gasteiger partial charge in [-0.1, -0.05) is 28.7 Å². The lowest BCUT2D eigenvalue weighted by molar-refractivity contribution is -0.174. The third-order valence-corrected chi connectivity index (χ3v) is 7.17. The van der Waals surface area contributed by atoms with Crippen molar-refractivity contribution in [3.63, 3.8) is 0 Å². The molecule has 10 heteroatoms. The number of aromatic amines is 1. The Bertz CT molecular complexity index is 1440. The van der Waals surface area contributed by atoms with Gasteiger partial charge in [0.2, 0.25) is 0 Å². The smallest absolute Gasteiger partial charge is 0.323 e. The second kappa shape index (κ2) is 7.37. The summed E-state index contributed by atoms with van der Waals surface area (Å²) in [5.74, 6) is 0. The molecule has 2 fully saturated rings. The molecular formula is C23H19N7O2S. The summed E-state index contributed by atoms with van der Waals surface area (Å²) < 4.78 is 5.29. The number of urea groups is 1. The number of thiazole rings is 1. The average Bonchev–Trinajstić information content (AvgIpc) is 3.39. The molecule has 0 radical (unpaired) electrons. The number of nitriles is 1. The Morgan fingerprint density at radius 2 is 2.12 bits per heavy atom. The van der Waals surface area contributed by atoms with Crippen LogP contribution in [0.2, 0.25) is 0 Å². The molecule has 0 aliphatic carbocycles. The molecule has 2 N–H and O–H groups in total. The summed E-state index contributed by atoms with van der Waals surface area (Å²) in [6.07, 6.45) is 0. The molecule has 4 heterocycles. The van der Waals surface area contributed by atoms with Gasteiger partial charge in [-0.2, -0.15) is 5.26 Å². The number of fused-ring (bicyclic) bond motifs is 1. The van der Waals surface area contributed by atoms with Gasteiger partial charge in [-0.05, 0) is 42.3 Å². The number of anilines is 1. The third kappa shape index (κ3) is 3.33. The summed E-state index contributed by atoms with van der Waals surface area (Å²) in [5, 5.41) is 23.8. The van der Waals surface area contributed by atoms with E-state index in [-0.39, 0.29) is 11.4 Å². The number of carbonyl (C=O) groups is 1. The Balaban J connectivity index is 1.38. The van der Waals surface area contributed by atoms with Crippen LogP contribution in [0.3, 0.4) is 0 Å². The van der Waals surface area contributed by atoms with Crippen LogP contribution in [0.1, 0.15) is 11.1 Å². The summed E-state index contributed by atoms with van der Waals surface area (Å²) >= 11 is 1.41. The normalized spacial score (nSPS) is 16.3. The summed E-state index contributed by atoms with van der Waals surface area (Å²) in [5.41, 5.74) is 5.80. The Morgan fingerprint density at radius 1 is 1.27 bits per heavy atom. The molecule has 0 bridgehead atoms. The van der Waals surface area contributed by atoms with Gasteiger partial charge >= 0.3 is 6.03 Å². The zero-order valence-corrected chi connectivity index (χ0v) is 18.6. The van der Waals surface area contributed by atoms with Crippen molar-refractivity contribution in [2.45, 2.75) is 6.92 Å². The number of amides is 2. The fourth-order valence-electron chi connectivity index (χ4n) is 4.41. The minimum Gasteiger partial charge on any atom is -0.380 e. The Kier molecular flexibility index (Phi) is 4.43. The van der Waals surface area contributed by atoms with Gasteiger partial charge in [0, 0.05) is 18.7 Å². The molecule has 0 saturated carbocycles. The van der Waals surface area contributed by atoms with Crippen molar-refractivity contribution in [3.05, 3.63) is 47.5 Å². The molecule has 4 aromatic rings. The number of aromatic nitrogens is 4. The van der Waals surface area contributed by atoms with Crippen molar-refractivity contribution in [1.82, 2.24) is 25.3 Å². The van der Waals surface area contributed by atoms with Crippen LogP contribution in [0.4, 0.5) is 9.93 Å². The number of hydrogen-bond donors (Lipinski definition) is 2. The van der Waals surface area contributed by atoms with Crippen LogP contribution >= 0.6 is 11.3 Å². The second-order valence-electron chi connectivity index (χ2n) is 8.67. The predicted molar refractivity (Wildman–Crippen MR) is 124 cm³/mol. The number of nitrogens with zero attached hydrogens (tertiary/aromatic N) is 5. The zero-order chi connectivity index (χ0) is 22.6. The van der Waals surface area contributed by atoms with E-state index in [1.54, 1.807) is 11.0 Å². The second-order valence-corrected chi connectivity index (χ2v) is 9.67. The average molecular weight is 458 g/mol. The number of ether oxygens (including phenoxy) is 1. The molecule has 9 nitrogen and oxygen atoms in total. The van der Waals surface area contributed by atoms with Crippen molar-refractivity contribution in [2.75, 3.05) is 31.6 Å². The Labute approximate surface area is 193 Å².